The molecule has 3 nitrogen and oxygen atoms in total. The Balaban J connectivity index is 1.99. The highest BCUT2D eigenvalue weighted by atomic mass is 19.1. The predicted octanol–water partition coefficient (Wildman–Crippen LogP) is 4.71. The van der Waals surface area contributed by atoms with Gasteiger partial charge in [-0.2, -0.15) is 0 Å². The van der Waals surface area contributed by atoms with Gasteiger partial charge in [-0.1, -0.05) is 12.1 Å². The van der Waals surface area contributed by atoms with Gasteiger partial charge in [-0.05, 0) is 68.8 Å². The van der Waals surface area contributed by atoms with Gasteiger partial charge < -0.3 is 10.2 Å². The first kappa shape index (κ1) is 17.7. The number of nitrogens with zero attached hydrogens (tertiary/aromatic N) is 1. The van der Waals surface area contributed by atoms with Gasteiger partial charge >= 0.3 is 0 Å². The third-order valence-electron chi connectivity index (χ3n) is 3.71. The minimum absolute atomic E-state index is 0.247. The van der Waals surface area contributed by atoms with Gasteiger partial charge in [0.1, 0.15) is 5.82 Å². The number of hydrogen-bond donors (Lipinski definition) is 1. The lowest BCUT2D eigenvalue weighted by Crippen LogP contribution is -2.30. The van der Waals surface area contributed by atoms with Crippen molar-refractivity contribution in [2.75, 3.05) is 16.8 Å². The van der Waals surface area contributed by atoms with Crippen molar-refractivity contribution in [2.45, 2.75) is 26.8 Å². The lowest BCUT2D eigenvalue weighted by Gasteiger charge is -2.27. The molecule has 0 bridgehead atoms. The fraction of sp³-hybridized carbons (Fsp3) is 0.250. The summed E-state index contributed by atoms with van der Waals surface area (Å²) in [7, 11) is 0. The molecule has 0 unspecified atom stereocenters. The van der Waals surface area contributed by atoms with Gasteiger partial charge in [0, 0.05) is 30.0 Å². The highest BCUT2D eigenvalue weighted by Crippen LogP contribution is 2.20. The number of anilines is 2. The average Bonchev–Trinajstić information content (AvgIpc) is 2.55. The fourth-order valence-corrected chi connectivity index (χ4v) is 2.55. The van der Waals surface area contributed by atoms with Crippen LogP contribution in [0.4, 0.5) is 15.8 Å². The maximum atomic E-state index is 13.1. The molecule has 2 aromatic rings. The number of carbonyl (C=O) groups excluding carboxylic acids is 1. The molecule has 0 heterocycles. The average molecular weight is 326 g/mol. The van der Waals surface area contributed by atoms with Gasteiger partial charge in [0.2, 0.25) is 5.91 Å². The van der Waals surface area contributed by atoms with Crippen LogP contribution in [0.15, 0.2) is 54.6 Å². The fourth-order valence-electron chi connectivity index (χ4n) is 2.55. The first-order chi connectivity index (χ1) is 11.5. The molecule has 126 valence electrons. The van der Waals surface area contributed by atoms with Crippen molar-refractivity contribution >= 4 is 23.4 Å². The number of hydrogen-bond acceptors (Lipinski definition) is 2. The zero-order chi connectivity index (χ0) is 17.5. The lowest BCUT2D eigenvalue weighted by molar-refractivity contribution is -0.111. The van der Waals surface area contributed by atoms with Crippen LogP contribution in [0.25, 0.3) is 6.08 Å². The molecule has 2 rings (SSSR count). The molecule has 2 aromatic carbocycles. The molecule has 0 saturated heterocycles. The number of halogens is 1. The van der Waals surface area contributed by atoms with Crippen molar-refractivity contribution in [3.63, 3.8) is 0 Å². The maximum absolute atomic E-state index is 13.1. The Bertz CT molecular complexity index is 708. The second-order valence-corrected chi connectivity index (χ2v) is 5.80. The number of benzene rings is 2. The molecule has 0 fully saturated rings. The van der Waals surface area contributed by atoms with E-state index in [0.717, 1.165) is 17.9 Å². The molecule has 1 amide bonds. The van der Waals surface area contributed by atoms with Crippen LogP contribution in [0.3, 0.4) is 0 Å². The topological polar surface area (TPSA) is 32.3 Å². The molecule has 0 saturated carbocycles. The Labute approximate surface area is 142 Å². The lowest BCUT2D eigenvalue weighted by atomic mass is 10.2. The molecule has 0 atom stereocenters. The SMILES string of the molecule is CCN(c1ccc(NC(=O)/C=C/c2cccc(F)c2)cc1)C(C)C. The largest absolute Gasteiger partial charge is 0.369 e. The minimum Gasteiger partial charge on any atom is -0.369 e. The molecule has 0 spiro atoms. The number of amides is 1. The van der Waals surface area contributed by atoms with Crippen molar-refractivity contribution < 1.29 is 9.18 Å². The number of rotatable bonds is 6. The van der Waals surface area contributed by atoms with Crippen LogP contribution in [-0.2, 0) is 4.79 Å². The normalized spacial score (nSPS) is 11.0. The summed E-state index contributed by atoms with van der Waals surface area (Å²) in [6.07, 6.45) is 2.99. The predicted molar refractivity (Wildman–Crippen MR) is 98.7 cm³/mol. The molecule has 0 aromatic heterocycles. The van der Waals surface area contributed by atoms with Crippen LogP contribution >= 0.6 is 0 Å². The van der Waals surface area contributed by atoms with Crippen molar-refractivity contribution in [2.24, 2.45) is 0 Å². The Morgan fingerprint density at radius 1 is 1.21 bits per heavy atom. The van der Waals surface area contributed by atoms with Crippen LogP contribution in [0.5, 0.6) is 0 Å². The summed E-state index contributed by atoms with van der Waals surface area (Å²) in [5, 5.41) is 2.80. The van der Waals surface area contributed by atoms with Crippen LogP contribution in [-0.4, -0.2) is 18.5 Å². The molecular formula is C20H23FN2O. The summed E-state index contributed by atoms with van der Waals surface area (Å²) in [5.74, 6) is -0.568. The third-order valence-corrected chi connectivity index (χ3v) is 3.71. The summed E-state index contributed by atoms with van der Waals surface area (Å²) in [5.41, 5.74) is 2.50. The molecule has 1 N–H and O–H groups in total. The van der Waals surface area contributed by atoms with E-state index in [1.807, 2.05) is 24.3 Å². The molecule has 0 aliphatic carbocycles. The zero-order valence-corrected chi connectivity index (χ0v) is 14.3. The van der Waals surface area contributed by atoms with Crippen molar-refractivity contribution in [3.8, 4) is 0 Å². The highest BCUT2D eigenvalue weighted by Gasteiger charge is 2.08. The molecule has 4 heteroatoms. The summed E-state index contributed by atoms with van der Waals surface area (Å²) in [6, 6.07) is 14.3. The van der Waals surface area contributed by atoms with E-state index < -0.39 is 0 Å². The molecule has 0 aliphatic heterocycles. The van der Waals surface area contributed by atoms with Crippen molar-refractivity contribution in [1.82, 2.24) is 0 Å². The summed E-state index contributed by atoms with van der Waals surface area (Å²) < 4.78 is 13.1. The van der Waals surface area contributed by atoms with Crippen LogP contribution in [0.2, 0.25) is 0 Å². The summed E-state index contributed by atoms with van der Waals surface area (Å²) >= 11 is 0. The van der Waals surface area contributed by atoms with E-state index in [1.165, 1.54) is 18.2 Å². The van der Waals surface area contributed by atoms with E-state index in [2.05, 4.69) is 31.0 Å². The van der Waals surface area contributed by atoms with E-state index in [4.69, 9.17) is 0 Å². The monoisotopic (exact) mass is 326 g/mol. The molecule has 0 radical (unpaired) electrons. The van der Waals surface area contributed by atoms with Crippen LogP contribution in [0, 0.1) is 5.82 Å². The van der Waals surface area contributed by atoms with Gasteiger partial charge in [0.15, 0.2) is 0 Å². The standard InChI is InChI=1S/C20H23FN2O/c1-4-23(15(2)3)19-11-9-18(10-12-19)22-20(24)13-8-16-6-5-7-17(21)14-16/h5-15H,4H2,1-3H3,(H,22,24)/b13-8+. The van der Waals surface area contributed by atoms with Crippen LogP contribution < -0.4 is 10.2 Å². The van der Waals surface area contributed by atoms with E-state index in [9.17, 15) is 9.18 Å². The Hall–Kier alpha value is -2.62. The van der Waals surface area contributed by atoms with Gasteiger partial charge in [-0.3, -0.25) is 4.79 Å². The molecule has 24 heavy (non-hydrogen) atoms. The summed E-state index contributed by atoms with van der Waals surface area (Å²) in [4.78, 5) is 14.2. The number of carbonyl (C=O) groups is 1. The second-order valence-electron chi connectivity index (χ2n) is 5.80. The third kappa shape index (κ3) is 4.95. The quantitative estimate of drug-likeness (QED) is 0.780. The smallest absolute Gasteiger partial charge is 0.248 e. The zero-order valence-electron chi connectivity index (χ0n) is 14.3. The van der Waals surface area contributed by atoms with Gasteiger partial charge in [0.25, 0.3) is 0 Å². The summed E-state index contributed by atoms with van der Waals surface area (Å²) in [6.45, 7) is 7.35. The van der Waals surface area contributed by atoms with Crippen molar-refractivity contribution in [3.05, 3.63) is 66.0 Å². The van der Waals surface area contributed by atoms with Gasteiger partial charge in [-0.25, -0.2) is 4.39 Å². The maximum Gasteiger partial charge on any atom is 0.248 e. The molecular weight excluding hydrogens is 303 g/mol. The molecule has 0 aliphatic rings. The van der Waals surface area contributed by atoms with Crippen LogP contribution in [0.1, 0.15) is 26.3 Å². The second kappa shape index (κ2) is 8.29. The van der Waals surface area contributed by atoms with E-state index in [0.29, 0.717) is 11.6 Å². The first-order valence-electron chi connectivity index (χ1n) is 8.11. The van der Waals surface area contributed by atoms with Crippen molar-refractivity contribution in [1.29, 1.82) is 0 Å². The van der Waals surface area contributed by atoms with E-state index in [1.54, 1.807) is 18.2 Å². The van der Waals surface area contributed by atoms with E-state index in [-0.39, 0.29) is 11.7 Å². The highest BCUT2D eigenvalue weighted by molar-refractivity contribution is 6.02. The minimum atomic E-state index is -0.321. The Morgan fingerprint density at radius 3 is 2.50 bits per heavy atom. The van der Waals surface area contributed by atoms with Gasteiger partial charge in [-0.15, -0.1) is 0 Å². The number of nitrogens with one attached hydrogen (secondary N) is 1. The van der Waals surface area contributed by atoms with E-state index >= 15 is 0 Å². The Morgan fingerprint density at radius 2 is 1.92 bits per heavy atom. The Kier molecular flexibility index (Phi) is 6.13. The van der Waals surface area contributed by atoms with Gasteiger partial charge in [0.05, 0.1) is 0 Å². The first-order valence-corrected chi connectivity index (χ1v) is 8.11.